The van der Waals surface area contributed by atoms with Crippen LogP contribution in [0.25, 0.3) is 0 Å². The second-order valence-corrected chi connectivity index (χ2v) is 4.43. The van der Waals surface area contributed by atoms with E-state index < -0.39 is 12.1 Å². The molecule has 0 radical (unpaired) electrons. The zero-order valence-electron chi connectivity index (χ0n) is 12.5. The summed E-state index contributed by atoms with van der Waals surface area (Å²) < 4.78 is 16.0. The predicted molar refractivity (Wildman–Crippen MR) is 79.7 cm³/mol. The number of aldehydes is 1. The van der Waals surface area contributed by atoms with Gasteiger partial charge in [-0.1, -0.05) is 5.92 Å². The van der Waals surface area contributed by atoms with Crippen molar-refractivity contribution >= 4 is 12.3 Å². The predicted octanol–water partition coefficient (Wildman–Crippen LogP) is 2.15. The Labute approximate surface area is 129 Å². The summed E-state index contributed by atoms with van der Waals surface area (Å²) in [6.07, 6.45) is 6.21. The molecule has 0 saturated carbocycles. The van der Waals surface area contributed by atoms with E-state index in [1.165, 1.54) is 26.4 Å². The van der Waals surface area contributed by atoms with Gasteiger partial charge in [0, 0.05) is 12.0 Å². The van der Waals surface area contributed by atoms with Crippen molar-refractivity contribution in [3.63, 3.8) is 0 Å². The van der Waals surface area contributed by atoms with Crippen molar-refractivity contribution in [1.82, 2.24) is 0 Å². The zero-order valence-corrected chi connectivity index (χ0v) is 12.5. The number of carboxylic acid groups (broad SMARTS) is 1. The number of carbonyl (C=O) groups excluding carboxylic acids is 1. The number of methoxy groups -OCH3 is 2. The van der Waals surface area contributed by atoms with Gasteiger partial charge in [0.1, 0.15) is 6.29 Å². The molecule has 0 heterocycles. The quantitative estimate of drug-likeness (QED) is 0.556. The summed E-state index contributed by atoms with van der Waals surface area (Å²) in [5.41, 5.74) is 0.356. The van der Waals surface area contributed by atoms with Crippen LogP contribution in [0.5, 0.6) is 17.2 Å². The molecule has 6 heteroatoms. The highest BCUT2D eigenvalue weighted by Crippen LogP contribution is 2.38. The number of carbonyl (C=O) groups is 2. The molecule has 0 spiro atoms. The van der Waals surface area contributed by atoms with E-state index in [1.807, 2.05) is 0 Å². The number of rotatable bonds is 9. The van der Waals surface area contributed by atoms with Crippen LogP contribution in [0.15, 0.2) is 12.1 Å². The summed E-state index contributed by atoms with van der Waals surface area (Å²) in [6.45, 7) is 0. The summed E-state index contributed by atoms with van der Waals surface area (Å²) >= 11 is 0. The van der Waals surface area contributed by atoms with Crippen LogP contribution in [0, 0.1) is 12.3 Å². The Morgan fingerprint density at radius 1 is 1.36 bits per heavy atom. The molecule has 1 aromatic carbocycles. The molecule has 0 fully saturated rings. The summed E-state index contributed by atoms with van der Waals surface area (Å²) in [7, 11) is 2.89. The summed E-state index contributed by atoms with van der Waals surface area (Å²) in [5.74, 6) is 2.52. The van der Waals surface area contributed by atoms with Crippen molar-refractivity contribution in [3.8, 4) is 29.6 Å². The van der Waals surface area contributed by atoms with Crippen LogP contribution in [-0.2, 0) is 4.79 Å². The van der Waals surface area contributed by atoms with Gasteiger partial charge in [-0.25, -0.2) is 0 Å². The monoisotopic (exact) mass is 306 g/mol. The van der Waals surface area contributed by atoms with Gasteiger partial charge in [-0.2, -0.15) is 0 Å². The average Bonchev–Trinajstić information content (AvgIpc) is 2.52. The van der Waals surface area contributed by atoms with E-state index in [4.69, 9.17) is 25.7 Å². The van der Waals surface area contributed by atoms with Gasteiger partial charge in [-0.3, -0.25) is 9.59 Å². The van der Waals surface area contributed by atoms with E-state index in [0.29, 0.717) is 36.2 Å². The summed E-state index contributed by atoms with van der Waals surface area (Å²) in [5, 5.41) is 8.64. The molecule has 0 saturated heterocycles. The van der Waals surface area contributed by atoms with Gasteiger partial charge in [0.05, 0.1) is 14.2 Å². The van der Waals surface area contributed by atoms with Crippen LogP contribution in [0.3, 0.4) is 0 Å². The topological polar surface area (TPSA) is 82.1 Å². The average molecular weight is 306 g/mol. The molecule has 0 aliphatic carbocycles. The van der Waals surface area contributed by atoms with Crippen LogP contribution in [0.1, 0.15) is 29.6 Å². The highest BCUT2D eigenvalue weighted by molar-refractivity contribution is 5.78. The molecule has 0 amide bonds. The lowest BCUT2D eigenvalue weighted by Crippen LogP contribution is -2.15. The van der Waals surface area contributed by atoms with E-state index in [9.17, 15) is 9.59 Å². The van der Waals surface area contributed by atoms with Crippen molar-refractivity contribution in [2.24, 2.45) is 0 Å². The molecule has 118 valence electrons. The number of hydrogen-bond acceptors (Lipinski definition) is 5. The number of benzene rings is 1. The van der Waals surface area contributed by atoms with Crippen molar-refractivity contribution in [2.75, 3.05) is 14.2 Å². The van der Waals surface area contributed by atoms with E-state index in [-0.39, 0.29) is 12.2 Å². The molecule has 0 aliphatic heterocycles. The Bertz CT molecular complexity index is 573. The van der Waals surface area contributed by atoms with Crippen LogP contribution < -0.4 is 14.2 Å². The molecule has 1 rings (SSSR count). The molecular weight excluding hydrogens is 288 g/mol. The number of ether oxygens (including phenoxy) is 3. The standard InChI is InChI=1S/C16H18O6/c1-4-12(6-5-7-15(18)19)22-14-9-11(10-17)8-13(20-2)16(14)21-3/h1,8-10,12H,5-7H2,2-3H3,(H,18,19). The van der Waals surface area contributed by atoms with Crippen LogP contribution in [0.4, 0.5) is 0 Å². The minimum atomic E-state index is -0.891. The number of aliphatic carboxylic acids is 1. The fourth-order valence-corrected chi connectivity index (χ4v) is 1.87. The molecule has 0 aromatic heterocycles. The van der Waals surface area contributed by atoms with Gasteiger partial charge in [0.25, 0.3) is 0 Å². The van der Waals surface area contributed by atoms with Crippen LogP contribution in [0.2, 0.25) is 0 Å². The lowest BCUT2D eigenvalue weighted by molar-refractivity contribution is -0.137. The lowest BCUT2D eigenvalue weighted by atomic mass is 10.1. The normalized spacial score (nSPS) is 11.1. The Kier molecular flexibility index (Phi) is 6.77. The Balaban J connectivity index is 2.96. The molecule has 1 aromatic rings. The second kappa shape index (κ2) is 8.57. The van der Waals surface area contributed by atoms with Gasteiger partial charge in [0.15, 0.2) is 17.6 Å². The van der Waals surface area contributed by atoms with Crippen LogP contribution >= 0.6 is 0 Å². The van der Waals surface area contributed by atoms with Crippen molar-refractivity contribution in [2.45, 2.75) is 25.4 Å². The van der Waals surface area contributed by atoms with Crippen molar-refractivity contribution in [1.29, 1.82) is 0 Å². The van der Waals surface area contributed by atoms with Crippen molar-refractivity contribution < 1.29 is 28.9 Å². The van der Waals surface area contributed by atoms with Gasteiger partial charge >= 0.3 is 5.97 Å². The first-order valence-electron chi connectivity index (χ1n) is 6.61. The fourth-order valence-electron chi connectivity index (χ4n) is 1.87. The largest absolute Gasteiger partial charge is 0.493 e. The zero-order chi connectivity index (χ0) is 16.5. The van der Waals surface area contributed by atoms with Crippen molar-refractivity contribution in [3.05, 3.63) is 17.7 Å². The van der Waals surface area contributed by atoms with Gasteiger partial charge in [0.2, 0.25) is 5.75 Å². The number of hydrogen-bond donors (Lipinski definition) is 1. The molecule has 0 bridgehead atoms. The van der Waals surface area contributed by atoms with E-state index in [2.05, 4.69) is 5.92 Å². The SMILES string of the molecule is C#CC(CCCC(=O)O)Oc1cc(C=O)cc(OC)c1OC. The summed E-state index contributed by atoms with van der Waals surface area (Å²) in [6, 6.07) is 3.02. The minimum Gasteiger partial charge on any atom is -0.493 e. The first-order chi connectivity index (χ1) is 10.5. The first-order valence-corrected chi connectivity index (χ1v) is 6.61. The number of terminal acetylenes is 1. The maximum atomic E-state index is 11.0. The second-order valence-electron chi connectivity index (χ2n) is 4.43. The van der Waals surface area contributed by atoms with Gasteiger partial charge < -0.3 is 19.3 Å². The summed E-state index contributed by atoms with van der Waals surface area (Å²) in [4.78, 5) is 21.5. The number of carboxylic acids is 1. The molecular formula is C16H18O6. The third-order valence-corrected chi connectivity index (χ3v) is 2.92. The molecule has 6 nitrogen and oxygen atoms in total. The molecule has 22 heavy (non-hydrogen) atoms. The maximum Gasteiger partial charge on any atom is 0.303 e. The molecule has 1 unspecified atom stereocenters. The maximum absolute atomic E-state index is 11.0. The van der Waals surface area contributed by atoms with E-state index >= 15 is 0 Å². The van der Waals surface area contributed by atoms with E-state index in [1.54, 1.807) is 0 Å². The van der Waals surface area contributed by atoms with Gasteiger partial charge in [-0.15, -0.1) is 6.42 Å². The lowest BCUT2D eigenvalue weighted by Gasteiger charge is -2.18. The first kappa shape index (κ1) is 17.4. The van der Waals surface area contributed by atoms with Crippen LogP contribution in [-0.4, -0.2) is 37.7 Å². The highest BCUT2D eigenvalue weighted by Gasteiger charge is 2.17. The third kappa shape index (κ3) is 4.70. The van der Waals surface area contributed by atoms with Gasteiger partial charge in [-0.05, 0) is 25.0 Å². The third-order valence-electron chi connectivity index (χ3n) is 2.92. The smallest absolute Gasteiger partial charge is 0.303 e. The molecule has 1 N–H and O–H groups in total. The highest BCUT2D eigenvalue weighted by atomic mass is 16.5. The van der Waals surface area contributed by atoms with E-state index in [0.717, 1.165) is 0 Å². The Morgan fingerprint density at radius 2 is 2.05 bits per heavy atom. The fraction of sp³-hybridized carbons (Fsp3) is 0.375. The Morgan fingerprint density at radius 3 is 2.55 bits per heavy atom. The molecule has 0 aliphatic rings. The molecule has 1 atom stereocenters. The minimum absolute atomic E-state index is 0.0103. The Hall–Kier alpha value is -2.68.